The van der Waals surface area contributed by atoms with Crippen molar-refractivity contribution in [2.75, 3.05) is 0 Å². The van der Waals surface area contributed by atoms with Crippen LogP contribution in [0.4, 0.5) is 0 Å². The maximum Gasteiger partial charge on any atom is 0.322 e. The molecule has 1 aromatic rings. The lowest BCUT2D eigenvalue weighted by Crippen LogP contribution is -2.43. The molecule has 0 saturated carbocycles. The maximum absolute atomic E-state index is 12.0. The van der Waals surface area contributed by atoms with Crippen molar-refractivity contribution in [1.29, 1.82) is 0 Å². The van der Waals surface area contributed by atoms with Crippen LogP contribution in [-0.4, -0.2) is 31.4 Å². The fourth-order valence-corrected chi connectivity index (χ4v) is 3.55. The maximum atomic E-state index is 12.0. The minimum atomic E-state index is -4.19. The summed E-state index contributed by atoms with van der Waals surface area (Å²) in [6.45, 7) is 0. The summed E-state index contributed by atoms with van der Waals surface area (Å²) < 4.78 is 26.5. The standard InChI is InChI=1S/C10H10BrClN2O5S/c11-5-1-2-8(6(12)3-5)20(18,19)14-7(10(16)17)4-9(13)15/h1-3,7,14H,4H2,(H2,13,15)(H,16,17)/t7-/m1/s1. The molecule has 0 aliphatic carbocycles. The number of carbonyl (C=O) groups excluding carboxylic acids is 1. The Morgan fingerprint density at radius 2 is 2.05 bits per heavy atom. The van der Waals surface area contributed by atoms with Crippen molar-refractivity contribution in [2.24, 2.45) is 5.73 Å². The third kappa shape index (κ3) is 4.44. The molecule has 0 fully saturated rings. The smallest absolute Gasteiger partial charge is 0.322 e. The lowest BCUT2D eigenvalue weighted by Gasteiger charge is -2.14. The molecule has 1 rings (SSSR count). The lowest BCUT2D eigenvalue weighted by atomic mass is 10.2. The van der Waals surface area contributed by atoms with Crippen LogP contribution in [0.25, 0.3) is 0 Å². The summed E-state index contributed by atoms with van der Waals surface area (Å²) in [7, 11) is -4.19. The molecule has 10 heteroatoms. The molecular weight excluding hydrogens is 376 g/mol. The highest BCUT2D eigenvalue weighted by Gasteiger charge is 2.28. The molecule has 110 valence electrons. The molecule has 0 unspecified atom stereocenters. The van der Waals surface area contributed by atoms with E-state index in [-0.39, 0.29) is 9.92 Å². The fraction of sp³-hybridized carbons (Fsp3) is 0.200. The molecule has 0 saturated heterocycles. The Labute approximate surface area is 128 Å². The number of benzene rings is 1. The predicted molar refractivity (Wildman–Crippen MR) is 74.7 cm³/mol. The molecular formula is C10H10BrClN2O5S. The third-order valence-electron chi connectivity index (χ3n) is 2.18. The first-order chi connectivity index (χ1) is 9.13. The van der Waals surface area contributed by atoms with E-state index in [1.807, 2.05) is 4.72 Å². The Hall–Kier alpha value is -1.16. The zero-order valence-corrected chi connectivity index (χ0v) is 13.0. The highest BCUT2D eigenvalue weighted by molar-refractivity contribution is 9.10. The summed E-state index contributed by atoms with van der Waals surface area (Å²) in [5.74, 6) is -2.46. The number of amides is 1. The van der Waals surface area contributed by atoms with Crippen LogP contribution >= 0.6 is 27.5 Å². The Kier molecular flexibility index (Phi) is 5.51. The van der Waals surface area contributed by atoms with Gasteiger partial charge in [-0.1, -0.05) is 27.5 Å². The van der Waals surface area contributed by atoms with E-state index >= 15 is 0 Å². The van der Waals surface area contributed by atoms with Crippen molar-refractivity contribution in [1.82, 2.24) is 4.72 Å². The molecule has 7 nitrogen and oxygen atoms in total. The number of primary amides is 1. The first kappa shape index (κ1) is 16.9. The lowest BCUT2D eigenvalue weighted by molar-refractivity contribution is -0.140. The van der Waals surface area contributed by atoms with Gasteiger partial charge < -0.3 is 10.8 Å². The van der Waals surface area contributed by atoms with Gasteiger partial charge in [-0.25, -0.2) is 8.42 Å². The Morgan fingerprint density at radius 1 is 1.45 bits per heavy atom. The number of halogens is 2. The SMILES string of the molecule is NC(=O)C[C@@H](NS(=O)(=O)c1ccc(Br)cc1Cl)C(=O)O. The minimum absolute atomic E-state index is 0.0879. The number of hydrogen-bond donors (Lipinski definition) is 3. The number of carbonyl (C=O) groups is 2. The highest BCUT2D eigenvalue weighted by Crippen LogP contribution is 2.25. The zero-order chi connectivity index (χ0) is 15.5. The second kappa shape index (κ2) is 6.53. The Bertz CT molecular complexity index is 649. The first-order valence-electron chi connectivity index (χ1n) is 5.12. The van der Waals surface area contributed by atoms with E-state index < -0.39 is 34.4 Å². The molecule has 1 aromatic carbocycles. The number of rotatable bonds is 6. The van der Waals surface area contributed by atoms with Crippen molar-refractivity contribution in [3.8, 4) is 0 Å². The van der Waals surface area contributed by atoms with E-state index in [1.165, 1.54) is 18.2 Å². The highest BCUT2D eigenvalue weighted by atomic mass is 79.9. The second-order valence-electron chi connectivity index (χ2n) is 3.76. The van der Waals surface area contributed by atoms with Crippen molar-refractivity contribution in [2.45, 2.75) is 17.4 Å². The van der Waals surface area contributed by atoms with Crippen LogP contribution in [-0.2, 0) is 19.6 Å². The molecule has 0 aliphatic heterocycles. The summed E-state index contributed by atoms with van der Waals surface area (Å²) in [4.78, 5) is 21.4. The molecule has 4 N–H and O–H groups in total. The van der Waals surface area contributed by atoms with Crippen molar-refractivity contribution >= 4 is 49.4 Å². The van der Waals surface area contributed by atoms with E-state index in [2.05, 4.69) is 15.9 Å². The van der Waals surface area contributed by atoms with Gasteiger partial charge in [0.1, 0.15) is 10.9 Å². The van der Waals surface area contributed by atoms with E-state index in [4.69, 9.17) is 22.4 Å². The van der Waals surface area contributed by atoms with Gasteiger partial charge in [-0.3, -0.25) is 9.59 Å². The predicted octanol–water partition coefficient (Wildman–Crippen LogP) is 0.709. The summed E-state index contributed by atoms with van der Waals surface area (Å²) in [6, 6.07) is 2.33. The Balaban J connectivity index is 3.09. The van der Waals surface area contributed by atoms with Gasteiger partial charge in [-0.15, -0.1) is 0 Å². The summed E-state index contributed by atoms with van der Waals surface area (Å²) in [5, 5.41) is 8.78. The van der Waals surface area contributed by atoms with E-state index in [0.29, 0.717) is 4.47 Å². The van der Waals surface area contributed by atoms with E-state index in [0.717, 1.165) is 0 Å². The van der Waals surface area contributed by atoms with Crippen molar-refractivity contribution in [3.63, 3.8) is 0 Å². The van der Waals surface area contributed by atoms with Gasteiger partial charge in [0.05, 0.1) is 11.4 Å². The molecule has 0 aromatic heterocycles. The third-order valence-corrected chi connectivity index (χ3v) is 4.63. The number of carboxylic acids is 1. The molecule has 1 atom stereocenters. The number of carboxylic acid groups (broad SMARTS) is 1. The zero-order valence-electron chi connectivity index (χ0n) is 9.84. The van der Waals surface area contributed by atoms with Crippen LogP contribution in [0, 0.1) is 0 Å². The van der Waals surface area contributed by atoms with Crippen LogP contribution in [0.15, 0.2) is 27.6 Å². The van der Waals surface area contributed by atoms with Gasteiger partial charge in [0.15, 0.2) is 0 Å². The van der Waals surface area contributed by atoms with Crippen LogP contribution in [0.5, 0.6) is 0 Å². The topological polar surface area (TPSA) is 127 Å². The Morgan fingerprint density at radius 3 is 2.50 bits per heavy atom. The number of aliphatic carboxylic acids is 1. The summed E-state index contributed by atoms with van der Waals surface area (Å²) >= 11 is 8.91. The summed E-state index contributed by atoms with van der Waals surface area (Å²) in [6.07, 6.45) is -0.664. The molecule has 0 aliphatic rings. The van der Waals surface area contributed by atoms with Gasteiger partial charge in [0, 0.05) is 4.47 Å². The van der Waals surface area contributed by atoms with Crippen LogP contribution in [0.2, 0.25) is 5.02 Å². The minimum Gasteiger partial charge on any atom is -0.480 e. The normalized spacial score (nSPS) is 12.9. The number of nitrogens with two attached hydrogens (primary N) is 1. The second-order valence-corrected chi connectivity index (χ2v) is 6.76. The molecule has 0 spiro atoms. The quantitative estimate of drug-likeness (QED) is 0.664. The summed E-state index contributed by atoms with van der Waals surface area (Å²) in [5.41, 5.74) is 4.87. The fourth-order valence-electron chi connectivity index (χ4n) is 1.32. The van der Waals surface area contributed by atoms with Crippen LogP contribution in [0.3, 0.4) is 0 Å². The number of hydrogen-bond acceptors (Lipinski definition) is 4. The van der Waals surface area contributed by atoms with Gasteiger partial charge >= 0.3 is 5.97 Å². The van der Waals surface area contributed by atoms with Gasteiger partial charge in [0.2, 0.25) is 15.9 Å². The molecule has 0 bridgehead atoms. The van der Waals surface area contributed by atoms with Gasteiger partial charge in [-0.2, -0.15) is 4.72 Å². The van der Waals surface area contributed by atoms with E-state index in [9.17, 15) is 18.0 Å². The average Bonchev–Trinajstić information content (AvgIpc) is 2.26. The van der Waals surface area contributed by atoms with Gasteiger partial charge in [0.25, 0.3) is 0 Å². The number of nitrogens with one attached hydrogen (secondary N) is 1. The van der Waals surface area contributed by atoms with E-state index in [1.54, 1.807) is 0 Å². The largest absolute Gasteiger partial charge is 0.480 e. The first-order valence-corrected chi connectivity index (χ1v) is 7.77. The average molecular weight is 386 g/mol. The molecule has 1 amide bonds. The van der Waals surface area contributed by atoms with Gasteiger partial charge in [-0.05, 0) is 18.2 Å². The molecule has 0 radical (unpaired) electrons. The monoisotopic (exact) mass is 384 g/mol. The van der Waals surface area contributed by atoms with Crippen molar-refractivity contribution < 1.29 is 23.1 Å². The van der Waals surface area contributed by atoms with Crippen LogP contribution < -0.4 is 10.5 Å². The van der Waals surface area contributed by atoms with Crippen molar-refractivity contribution in [3.05, 3.63) is 27.7 Å². The molecule has 20 heavy (non-hydrogen) atoms. The number of sulfonamides is 1. The van der Waals surface area contributed by atoms with Crippen LogP contribution in [0.1, 0.15) is 6.42 Å². The molecule has 0 heterocycles.